The SMILES string of the molecule is CC(C)n1cc(S(=O)(=O)c2ccc(CN)cc2)cn1.Cl. The molecule has 0 aliphatic heterocycles. The summed E-state index contributed by atoms with van der Waals surface area (Å²) in [6.07, 6.45) is 2.93. The summed E-state index contributed by atoms with van der Waals surface area (Å²) in [4.78, 5) is 0.467. The summed E-state index contributed by atoms with van der Waals surface area (Å²) in [5, 5.41) is 4.06. The van der Waals surface area contributed by atoms with Gasteiger partial charge in [0, 0.05) is 18.8 Å². The summed E-state index contributed by atoms with van der Waals surface area (Å²) in [5.74, 6) is 0. The lowest BCUT2D eigenvalue weighted by molar-refractivity contribution is 0.531. The van der Waals surface area contributed by atoms with Crippen molar-refractivity contribution < 1.29 is 8.42 Å². The largest absolute Gasteiger partial charge is 0.326 e. The van der Waals surface area contributed by atoms with Crippen molar-refractivity contribution in [3.8, 4) is 0 Å². The van der Waals surface area contributed by atoms with E-state index in [2.05, 4.69) is 5.10 Å². The van der Waals surface area contributed by atoms with E-state index in [0.717, 1.165) is 5.56 Å². The number of benzene rings is 1. The number of nitrogens with zero attached hydrogens (tertiary/aromatic N) is 2. The molecule has 2 rings (SSSR count). The van der Waals surface area contributed by atoms with Gasteiger partial charge in [0.1, 0.15) is 4.90 Å². The zero-order chi connectivity index (χ0) is 14.0. The van der Waals surface area contributed by atoms with Crippen molar-refractivity contribution in [2.45, 2.75) is 36.2 Å². The maximum absolute atomic E-state index is 12.4. The molecule has 20 heavy (non-hydrogen) atoms. The number of hydrogen-bond donors (Lipinski definition) is 1. The van der Waals surface area contributed by atoms with Crippen LogP contribution in [0.5, 0.6) is 0 Å². The first kappa shape index (κ1) is 16.7. The van der Waals surface area contributed by atoms with E-state index >= 15 is 0 Å². The molecule has 0 saturated carbocycles. The molecule has 0 spiro atoms. The van der Waals surface area contributed by atoms with E-state index in [1.165, 1.54) is 6.20 Å². The van der Waals surface area contributed by atoms with Gasteiger partial charge in [-0.1, -0.05) is 12.1 Å². The Hall–Kier alpha value is -1.37. The zero-order valence-electron chi connectivity index (χ0n) is 11.4. The summed E-state index contributed by atoms with van der Waals surface area (Å²) in [6.45, 7) is 4.28. The molecule has 0 atom stereocenters. The molecular formula is C13H18ClN3O2S. The lowest BCUT2D eigenvalue weighted by Crippen LogP contribution is -2.03. The van der Waals surface area contributed by atoms with E-state index < -0.39 is 9.84 Å². The van der Waals surface area contributed by atoms with Crippen LogP contribution in [0.3, 0.4) is 0 Å². The van der Waals surface area contributed by atoms with Gasteiger partial charge in [-0.25, -0.2) is 8.42 Å². The van der Waals surface area contributed by atoms with Crippen molar-refractivity contribution in [1.29, 1.82) is 0 Å². The third-order valence-electron chi connectivity index (χ3n) is 2.89. The molecule has 0 bridgehead atoms. The van der Waals surface area contributed by atoms with Crippen molar-refractivity contribution in [2.24, 2.45) is 5.73 Å². The Morgan fingerprint density at radius 2 is 1.80 bits per heavy atom. The van der Waals surface area contributed by atoms with Gasteiger partial charge in [-0.3, -0.25) is 4.68 Å². The Morgan fingerprint density at radius 1 is 1.20 bits per heavy atom. The predicted molar refractivity (Wildman–Crippen MR) is 79.6 cm³/mol. The first-order valence-corrected chi connectivity index (χ1v) is 7.51. The minimum atomic E-state index is -3.50. The fourth-order valence-electron chi connectivity index (χ4n) is 1.68. The van der Waals surface area contributed by atoms with Crippen LogP contribution in [0.15, 0.2) is 46.5 Å². The highest BCUT2D eigenvalue weighted by atomic mass is 35.5. The van der Waals surface area contributed by atoms with Gasteiger partial charge >= 0.3 is 0 Å². The Morgan fingerprint density at radius 3 is 2.25 bits per heavy atom. The van der Waals surface area contributed by atoms with E-state index in [9.17, 15) is 8.42 Å². The predicted octanol–water partition coefficient (Wildman–Crippen LogP) is 2.18. The second kappa shape index (κ2) is 6.39. The van der Waals surface area contributed by atoms with Gasteiger partial charge in [0.2, 0.25) is 9.84 Å². The molecule has 5 nitrogen and oxygen atoms in total. The van der Waals surface area contributed by atoms with E-state index in [1.807, 2.05) is 13.8 Å². The van der Waals surface area contributed by atoms with Crippen LogP contribution < -0.4 is 5.73 Å². The van der Waals surface area contributed by atoms with E-state index in [1.54, 1.807) is 35.1 Å². The highest BCUT2D eigenvalue weighted by Crippen LogP contribution is 2.21. The number of halogens is 1. The topological polar surface area (TPSA) is 78.0 Å². The lowest BCUT2D eigenvalue weighted by Gasteiger charge is -2.04. The molecular weight excluding hydrogens is 298 g/mol. The molecule has 1 heterocycles. The molecule has 0 aliphatic carbocycles. The molecule has 0 amide bonds. The van der Waals surface area contributed by atoms with Crippen LogP contribution in [0.25, 0.3) is 0 Å². The van der Waals surface area contributed by atoms with Crippen molar-refractivity contribution in [3.63, 3.8) is 0 Å². The molecule has 1 aromatic carbocycles. The monoisotopic (exact) mass is 315 g/mol. The van der Waals surface area contributed by atoms with Gasteiger partial charge < -0.3 is 5.73 Å². The Balaban J connectivity index is 0.00000200. The van der Waals surface area contributed by atoms with Crippen LogP contribution in [-0.4, -0.2) is 18.2 Å². The quantitative estimate of drug-likeness (QED) is 0.938. The Labute approximate surface area is 125 Å². The van der Waals surface area contributed by atoms with Crippen molar-refractivity contribution >= 4 is 22.2 Å². The first-order chi connectivity index (χ1) is 8.95. The van der Waals surface area contributed by atoms with Crippen molar-refractivity contribution in [2.75, 3.05) is 0 Å². The number of rotatable bonds is 4. The standard InChI is InChI=1S/C13H17N3O2S.ClH/c1-10(2)16-9-13(8-15-16)19(17,18)12-5-3-11(7-14)4-6-12;/h3-6,8-10H,7,14H2,1-2H3;1H. The van der Waals surface area contributed by atoms with Crippen LogP contribution in [0.2, 0.25) is 0 Å². The van der Waals surface area contributed by atoms with Gasteiger partial charge in [-0.15, -0.1) is 12.4 Å². The van der Waals surface area contributed by atoms with Crippen molar-refractivity contribution in [3.05, 3.63) is 42.2 Å². The summed E-state index contributed by atoms with van der Waals surface area (Å²) < 4.78 is 26.4. The lowest BCUT2D eigenvalue weighted by atomic mass is 10.2. The number of aromatic nitrogens is 2. The molecule has 0 saturated heterocycles. The molecule has 110 valence electrons. The number of sulfone groups is 1. The van der Waals surface area contributed by atoms with Crippen LogP contribution in [0.4, 0.5) is 0 Å². The molecule has 2 aromatic rings. The van der Waals surface area contributed by atoms with Gasteiger partial charge in [0.15, 0.2) is 0 Å². The number of hydrogen-bond acceptors (Lipinski definition) is 4. The zero-order valence-corrected chi connectivity index (χ0v) is 13.0. The number of nitrogens with two attached hydrogens (primary N) is 1. The molecule has 0 aliphatic rings. The summed E-state index contributed by atoms with van der Waals surface area (Å²) in [7, 11) is -3.50. The fourth-order valence-corrected chi connectivity index (χ4v) is 2.88. The molecule has 1 aromatic heterocycles. The highest BCUT2D eigenvalue weighted by molar-refractivity contribution is 7.91. The van der Waals surface area contributed by atoms with Crippen molar-refractivity contribution in [1.82, 2.24) is 9.78 Å². The fraction of sp³-hybridized carbons (Fsp3) is 0.308. The minimum absolute atomic E-state index is 0. The van der Waals surface area contributed by atoms with Gasteiger partial charge in [0.25, 0.3) is 0 Å². The Kier molecular flexibility index (Phi) is 5.33. The van der Waals surface area contributed by atoms with Crippen LogP contribution in [-0.2, 0) is 16.4 Å². The molecule has 0 unspecified atom stereocenters. The molecule has 0 fully saturated rings. The van der Waals surface area contributed by atoms with E-state index in [0.29, 0.717) is 6.54 Å². The van der Waals surface area contributed by atoms with Crippen LogP contribution >= 0.6 is 12.4 Å². The maximum Gasteiger partial charge on any atom is 0.209 e. The second-order valence-electron chi connectivity index (χ2n) is 4.60. The Bertz CT molecular complexity index is 663. The average molecular weight is 316 g/mol. The van der Waals surface area contributed by atoms with Crippen LogP contribution in [0.1, 0.15) is 25.5 Å². The smallest absolute Gasteiger partial charge is 0.209 e. The normalized spacial score (nSPS) is 11.4. The minimum Gasteiger partial charge on any atom is -0.326 e. The highest BCUT2D eigenvalue weighted by Gasteiger charge is 2.19. The molecule has 0 radical (unpaired) electrons. The molecule has 7 heteroatoms. The molecule has 2 N–H and O–H groups in total. The third kappa shape index (κ3) is 3.20. The third-order valence-corrected chi connectivity index (χ3v) is 4.61. The van der Waals surface area contributed by atoms with E-state index in [-0.39, 0.29) is 28.2 Å². The summed E-state index contributed by atoms with van der Waals surface area (Å²) in [6, 6.07) is 6.72. The van der Waals surface area contributed by atoms with Gasteiger partial charge in [-0.2, -0.15) is 5.10 Å². The summed E-state index contributed by atoms with van der Waals surface area (Å²) >= 11 is 0. The average Bonchev–Trinajstić information content (AvgIpc) is 2.89. The van der Waals surface area contributed by atoms with Gasteiger partial charge in [0.05, 0.1) is 11.1 Å². The van der Waals surface area contributed by atoms with Crippen LogP contribution in [0, 0.1) is 0 Å². The first-order valence-electron chi connectivity index (χ1n) is 6.03. The van der Waals surface area contributed by atoms with Gasteiger partial charge in [-0.05, 0) is 31.5 Å². The summed E-state index contributed by atoms with van der Waals surface area (Å²) in [5.41, 5.74) is 6.39. The van der Waals surface area contributed by atoms with E-state index in [4.69, 9.17) is 5.73 Å². The maximum atomic E-state index is 12.4. The second-order valence-corrected chi connectivity index (χ2v) is 6.55.